The zero-order valence-corrected chi connectivity index (χ0v) is 15.2. The maximum absolute atomic E-state index is 14.3. The number of nitrogens with zero attached hydrogens (tertiary/aromatic N) is 1. The first kappa shape index (κ1) is 18.4. The lowest BCUT2D eigenvalue weighted by molar-refractivity contribution is -0.114. The van der Waals surface area contributed by atoms with E-state index in [9.17, 15) is 9.18 Å². The molecule has 1 aliphatic rings. The van der Waals surface area contributed by atoms with Crippen molar-refractivity contribution in [1.82, 2.24) is 0 Å². The third-order valence-corrected chi connectivity index (χ3v) is 4.32. The van der Waals surface area contributed by atoms with E-state index in [1.54, 1.807) is 17.1 Å². The van der Waals surface area contributed by atoms with Gasteiger partial charge in [0.15, 0.2) is 0 Å². The zero-order chi connectivity index (χ0) is 17.7. The number of benzene rings is 1. The fourth-order valence-corrected chi connectivity index (χ4v) is 2.92. The number of amides is 1. The second-order valence-corrected chi connectivity index (χ2v) is 6.99. The van der Waals surface area contributed by atoms with Gasteiger partial charge in [0.2, 0.25) is 5.91 Å². The third kappa shape index (κ3) is 4.10. The molecule has 2 rings (SSSR count). The Balaban J connectivity index is 2.33. The summed E-state index contributed by atoms with van der Waals surface area (Å²) in [4.78, 5) is 13.8. The summed E-state index contributed by atoms with van der Waals surface area (Å²) in [6.07, 6.45) is 10.5. The summed E-state index contributed by atoms with van der Waals surface area (Å²) in [6.45, 7) is 7.50. The molecule has 0 aliphatic carbocycles. The predicted octanol–water partition coefficient (Wildman–Crippen LogP) is 4.92. The lowest BCUT2D eigenvalue weighted by Crippen LogP contribution is -2.27. The smallest absolute Gasteiger partial charge is 0.250 e. The summed E-state index contributed by atoms with van der Waals surface area (Å²) >= 11 is 0. The lowest BCUT2D eigenvalue weighted by Gasteiger charge is -2.16. The van der Waals surface area contributed by atoms with Gasteiger partial charge in [-0.1, -0.05) is 64.4 Å². The second kappa shape index (κ2) is 7.72. The number of fused-ring (bicyclic) bond motifs is 1. The fourth-order valence-electron chi connectivity index (χ4n) is 2.72. The normalized spacial score (nSPS) is 20.4. The molecule has 24 heavy (non-hydrogen) atoms. The number of anilines is 1. The quantitative estimate of drug-likeness (QED) is 0.422. The molecular formula is C20H23FNOP. The van der Waals surface area contributed by atoms with Gasteiger partial charge < -0.3 is 4.90 Å². The van der Waals surface area contributed by atoms with Crippen LogP contribution in [0.4, 0.5) is 10.1 Å². The first-order valence-corrected chi connectivity index (χ1v) is 8.48. The molecule has 1 aliphatic heterocycles. The zero-order valence-electron chi connectivity index (χ0n) is 14.1. The summed E-state index contributed by atoms with van der Waals surface area (Å²) in [6, 6.07) is 7.79. The van der Waals surface area contributed by atoms with Crippen LogP contribution in [0, 0.1) is 0 Å². The molecule has 1 aromatic carbocycles. The van der Waals surface area contributed by atoms with E-state index in [-0.39, 0.29) is 11.8 Å². The summed E-state index contributed by atoms with van der Waals surface area (Å²) in [5.74, 6) is -0.0872. The molecule has 0 saturated carbocycles. The Bertz CT molecular complexity index is 713. The van der Waals surface area contributed by atoms with Crippen molar-refractivity contribution >= 4 is 20.8 Å². The van der Waals surface area contributed by atoms with E-state index < -0.39 is 5.41 Å². The predicted molar refractivity (Wildman–Crippen MR) is 103 cm³/mol. The summed E-state index contributed by atoms with van der Waals surface area (Å²) < 4.78 is 14.3. The van der Waals surface area contributed by atoms with Crippen molar-refractivity contribution in [2.45, 2.75) is 25.2 Å². The minimum Gasteiger partial charge on any atom is -0.308 e. The van der Waals surface area contributed by atoms with E-state index in [4.69, 9.17) is 0 Å². The van der Waals surface area contributed by atoms with E-state index in [0.717, 1.165) is 11.3 Å². The number of carbonyl (C=O) groups excluding carboxylic acids is 1. The van der Waals surface area contributed by atoms with Gasteiger partial charge in [-0.3, -0.25) is 4.79 Å². The molecule has 2 nitrogen and oxygen atoms in total. The Labute approximate surface area is 145 Å². The molecule has 0 N–H and O–H groups in total. The first-order chi connectivity index (χ1) is 11.4. The van der Waals surface area contributed by atoms with Gasteiger partial charge in [-0.15, -0.1) is 0 Å². The molecule has 126 valence electrons. The van der Waals surface area contributed by atoms with E-state index in [2.05, 4.69) is 15.8 Å². The van der Waals surface area contributed by atoms with E-state index in [1.807, 2.05) is 49.4 Å². The maximum Gasteiger partial charge on any atom is 0.250 e. The van der Waals surface area contributed by atoms with Crippen molar-refractivity contribution in [3.8, 4) is 0 Å². The topological polar surface area (TPSA) is 20.3 Å². The highest BCUT2D eigenvalue weighted by molar-refractivity contribution is 7.19. The second-order valence-electron chi connectivity index (χ2n) is 5.90. The Hall–Kier alpha value is -1.99. The Kier molecular flexibility index (Phi) is 5.90. The van der Waals surface area contributed by atoms with Gasteiger partial charge in [0, 0.05) is 18.2 Å². The SMILES string of the molecule is C=CC(=O)N1C[C@@H](/C=C/C(=C\C=C/C)C(C)(F)P)c2ccccc21. The number of alkyl halides is 1. The summed E-state index contributed by atoms with van der Waals surface area (Å²) in [5, 5.41) is -1.51. The van der Waals surface area contributed by atoms with Crippen LogP contribution in [0.15, 0.2) is 72.9 Å². The Morgan fingerprint density at radius 3 is 2.79 bits per heavy atom. The molecule has 1 aromatic rings. The van der Waals surface area contributed by atoms with Gasteiger partial charge in [-0.2, -0.15) is 0 Å². The average molecular weight is 343 g/mol. The number of hydrogen-bond acceptors (Lipinski definition) is 1. The highest BCUT2D eigenvalue weighted by Crippen LogP contribution is 2.38. The van der Waals surface area contributed by atoms with Crippen LogP contribution in [0.1, 0.15) is 25.3 Å². The standard InChI is InChI=1S/C20H23FNOP/c1-4-6-9-16(20(3,21)24)13-12-15-14-22(19(23)5-2)18-11-8-7-10-17(15)18/h4-13,15H,2,14,24H2,1,3H3/b6-4-,13-12+,16-9+/t15-,20?/m1/s1. The number of rotatable bonds is 5. The molecule has 0 aromatic heterocycles. The van der Waals surface area contributed by atoms with Crippen molar-refractivity contribution in [3.05, 3.63) is 78.4 Å². The molecule has 0 spiro atoms. The maximum atomic E-state index is 14.3. The van der Waals surface area contributed by atoms with Crippen molar-refractivity contribution in [2.24, 2.45) is 0 Å². The van der Waals surface area contributed by atoms with Crippen molar-refractivity contribution in [2.75, 3.05) is 11.4 Å². The monoisotopic (exact) mass is 343 g/mol. The number of hydrogen-bond donors (Lipinski definition) is 0. The molecule has 0 fully saturated rings. The van der Waals surface area contributed by atoms with Crippen molar-refractivity contribution in [3.63, 3.8) is 0 Å². The van der Waals surface area contributed by atoms with Crippen LogP contribution in [-0.2, 0) is 4.79 Å². The fraction of sp³-hybridized carbons (Fsp3) is 0.250. The van der Waals surface area contributed by atoms with E-state index >= 15 is 0 Å². The van der Waals surface area contributed by atoms with Crippen LogP contribution < -0.4 is 4.90 Å². The number of allylic oxidation sites excluding steroid dienone is 5. The minimum atomic E-state index is -1.51. The summed E-state index contributed by atoms with van der Waals surface area (Å²) in [5.41, 5.74) is 2.53. The summed E-state index contributed by atoms with van der Waals surface area (Å²) in [7, 11) is 2.22. The van der Waals surface area contributed by atoms with Crippen molar-refractivity contribution in [1.29, 1.82) is 0 Å². The molecule has 0 saturated heterocycles. The third-order valence-electron chi connectivity index (χ3n) is 3.99. The molecule has 0 bridgehead atoms. The molecule has 1 heterocycles. The average Bonchev–Trinajstić information content (AvgIpc) is 2.92. The van der Waals surface area contributed by atoms with Crippen LogP contribution in [0.3, 0.4) is 0 Å². The number of para-hydroxylation sites is 1. The molecule has 2 unspecified atom stereocenters. The van der Waals surface area contributed by atoms with E-state index in [0.29, 0.717) is 12.1 Å². The largest absolute Gasteiger partial charge is 0.308 e. The van der Waals surface area contributed by atoms with Crippen LogP contribution in [0.2, 0.25) is 0 Å². The van der Waals surface area contributed by atoms with Gasteiger partial charge in [-0.25, -0.2) is 4.39 Å². The van der Waals surface area contributed by atoms with Gasteiger partial charge in [-0.05, 0) is 37.1 Å². The number of halogens is 1. The van der Waals surface area contributed by atoms with Crippen LogP contribution >= 0.6 is 9.24 Å². The number of carbonyl (C=O) groups is 1. The van der Waals surface area contributed by atoms with Crippen molar-refractivity contribution < 1.29 is 9.18 Å². The van der Waals surface area contributed by atoms with Gasteiger partial charge in [0.1, 0.15) is 5.41 Å². The Morgan fingerprint density at radius 2 is 2.17 bits per heavy atom. The van der Waals surface area contributed by atoms with Crippen LogP contribution in [-0.4, -0.2) is 17.9 Å². The van der Waals surface area contributed by atoms with Crippen LogP contribution in [0.25, 0.3) is 0 Å². The highest BCUT2D eigenvalue weighted by Gasteiger charge is 2.30. The molecule has 1 amide bonds. The molecule has 0 radical (unpaired) electrons. The molecule has 4 heteroatoms. The highest BCUT2D eigenvalue weighted by atomic mass is 31.0. The van der Waals surface area contributed by atoms with E-state index in [1.165, 1.54) is 13.0 Å². The molecule has 3 atom stereocenters. The van der Waals surface area contributed by atoms with Gasteiger partial charge in [0.05, 0.1) is 0 Å². The van der Waals surface area contributed by atoms with Gasteiger partial charge in [0.25, 0.3) is 0 Å². The first-order valence-electron chi connectivity index (χ1n) is 7.90. The van der Waals surface area contributed by atoms with Crippen LogP contribution in [0.5, 0.6) is 0 Å². The lowest BCUT2D eigenvalue weighted by atomic mass is 9.99. The van der Waals surface area contributed by atoms with Gasteiger partial charge >= 0.3 is 0 Å². The minimum absolute atomic E-state index is 0.0338. The molecular weight excluding hydrogens is 320 g/mol. The Morgan fingerprint density at radius 1 is 1.46 bits per heavy atom.